The molecule has 0 spiro atoms. The molecule has 3 aromatic heterocycles. The lowest BCUT2D eigenvalue weighted by atomic mass is 10.0. The second-order valence-electron chi connectivity index (χ2n) is 15.4. The van der Waals surface area contributed by atoms with E-state index in [0.717, 1.165) is 39.5 Å². The molecule has 9 aromatic carbocycles. The molecule has 0 N–H and O–H groups in total. The zero-order valence-corrected chi connectivity index (χ0v) is 32.6. The van der Waals surface area contributed by atoms with Gasteiger partial charge in [-0.3, -0.25) is 0 Å². The summed E-state index contributed by atoms with van der Waals surface area (Å²) in [6, 6.07) is 78.0. The summed E-state index contributed by atoms with van der Waals surface area (Å²) in [5, 5.41) is 7.31. The van der Waals surface area contributed by atoms with Gasteiger partial charge < -0.3 is 9.13 Å². The maximum atomic E-state index is 5.14. The standard InChI is InChI=1S/C56H36N4/c1-3-15-39(16-4-1)56-57-50(36-51(58-56)45-23-13-17-37-14-7-8-20-44(37)45)38-26-30-43(31-27-38)59-53-25-12-10-22-47(53)49-34-40(29-33-54(49)59)41-28-32-48-46-21-9-11-24-52(46)60(55(48)35-41)42-18-5-2-6-19-42/h1-36H. The predicted octanol–water partition coefficient (Wildman–Crippen LogP) is 14.5. The molecule has 3 heterocycles. The third-order valence-corrected chi connectivity index (χ3v) is 11.9. The molecule has 0 bridgehead atoms. The Labute approximate surface area is 346 Å². The molecule has 4 heteroatoms. The summed E-state index contributed by atoms with van der Waals surface area (Å²) in [4.78, 5) is 10.3. The number of rotatable bonds is 6. The van der Waals surface area contributed by atoms with Gasteiger partial charge in [0.05, 0.1) is 33.5 Å². The fourth-order valence-electron chi connectivity index (χ4n) is 9.12. The van der Waals surface area contributed by atoms with Crippen LogP contribution in [0.5, 0.6) is 0 Å². The highest BCUT2D eigenvalue weighted by Gasteiger charge is 2.17. The minimum absolute atomic E-state index is 0.707. The molecule has 0 radical (unpaired) electrons. The van der Waals surface area contributed by atoms with Crippen LogP contribution in [-0.4, -0.2) is 19.1 Å². The van der Waals surface area contributed by atoms with Crippen LogP contribution in [0, 0.1) is 0 Å². The van der Waals surface area contributed by atoms with Crippen LogP contribution in [0.25, 0.3) is 111 Å². The lowest BCUT2D eigenvalue weighted by Crippen LogP contribution is -1.97. The Balaban J connectivity index is 0.967. The zero-order valence-electron chi connectivity index (χ0n) is 32.6. The quantitative estimate of drug-likeness (QED) is 0.169. The molecule has 12 rings (SSSR count). The first-order chi connectivity index (χ1) is 29.7. The van der Waals surface area contributed by atoms with Gasteiger partial charge in [0.25, 0.3) is 0 Å². The van der Waals surface area contributed by atoms with Crippen molar-refractivity contribution in [3.05, 3.63) is 218 Å². The Bertz CT molecular complexity index is 3580. The second kappa shape index (κ2) is 13.8. The second-order valence-corrected chi connectivity index (χ2v) is 15.4. The van der Waals surface area contributed by atoms with Crippen molar-refractivity contribution < 1.29 is 0 Å². The van der Waals surface area contributed by atoms with Gasteiger partial charge in [-0.25, -0.2) is 9.97 Å². The predicted molar refractivity (Wildman–Crippen MR) is 250 cm³/mol. The van der Waals surface area contributed by atoms with Crippen molar-refractivity contribution in [1.82, 2.24) is 19.1 Å². The largest absolute Gasteiger partial charge is 0.309 e. The number of fused-ring (bicyclic) bond motifs is 7. The molecule has 0 aliphatic carbocycles. The van der Waals surface area contributed by atoms with Crippen LogP contribution in [0.1, 0.15) is 0 Å². The van der Waals surface area contributed by atoms with E-state index in [1.54, 1.807) is 0 Å². The molecule has 0 saturated carbocycles. The van der Waals surface area contributed by atoms with Crippen LogP contribution < -0.4 is 0 Å². The summed E-state index contributed by atoms with van der Waals surface area (Å²) in [5.74, 6) is 0.707. The molecule has 0 unspecified atom stereocenters. The van der Waals surface area contributed by atoms with Crippen LogP contribution in [0.4, 0.5) is 0 Å². The van der Waals surface area contributed by atoms with Crippen molar-refractivity contribution in [3.8, 4) is 56.4 Å². The molecule has 0 saturated heterocycles. The molecular weight excluding hydrogens is 729 g/mol. The van der Waals surface area contributed by atoms with E-state index in [1.807, 2.05) is 18.2 Å². The fraction of sp³-hybridized carbons (Fsp3) is 0. The van der Waals surface area contributed by atoms with Crippen LogP contribution in [-0.2, 0) is 0 Å². The minimum atomic E-state index is 0.707. The van der Waals surface area contributed by atoms with Gasteiger partial charge in [-0.2, -0.15) is 0 Å². The first-order valence-electron chi connectivity index (χ1n) is 20.4. The molecule has 0 atom stereocenters. The van der Waals surface area contributed by atoms with Crippen molar-refractivity contribution in [3.63, 3.8) is 0 Å². The number of aromatic nitrogens is 4. The van der Waals surface area contributed by atoms with E-state index >= 15 is 0 Å². The number of benzene rings is 9. The van der Waals surface area contributed by atoms with Crippen LogP contribution >= 0.6 is 0 Å². The van der Waals surface area contributed by atoms with Crippen LogP contribution in [0.15, 0.2) is 218 Å². The van der Waals surface area contributed by atoms with Gasteiger partial charge in [-0.15, -0.1) is 0 Å². The smallest absolute Gasteiger partial charge is 0.160 e. The fourth-order valence-corrected chi connectivity index (χ4v) is 9.12. The Morgan fingerprint density at radius 2 is 0.817 bits per heavy atom. The Kier molecular flexibility index (Phi) is 7.82. The summed E-state index contributed by atoms with van der Waals surface area (Å²) in [6.45, 7) is 0. The Hall–Kier alpha value is -8.08. The highest BCUT2D eigenvalue weighted by atomic mass is 15.0. The van der Waals surface area contributed by atoms with Crippen molar-refractivity contribution in [2.45, 2.75) is 0 Å². The van der Waals surface area contributed by atoms with E-state index in [0.29, 0.717) is 5.82 Å². The zero-order chi connectivity index (χ0) is 39.6. The highest BCUT2D eigenvalue weighted by molar-refractivity contribution is 6.12. The summed E-state index contributed by atoms with van der Waals surface area (Å²) in [6.07, 6.45) is 0. The van der Waals surface area contributed by atoms with E-state index in [2.05, 4.69) is 209 Å². The molecule has 12 aromatic rings. The van der Waals surface area contributed by atoms with E-state index in [1.165, 1.54) is 65.5 Å². The average Bonchev–Trinajstić information content (AvgIpc) is 3.84. The van der Waals surface area contributed by atoms with Crippen molar-refractivity contribution >= 4 is 54.4 Å². The first kappa shape index (κ1) is 34.0. The number of hydrogen-bond acceptors (Lipinski definition) is 2. The van der Waals surface area contributed by atoms with E-state index < -0.39 is 0 Å². The molecule has 0 aliphatic rings. The summed E-state index contributed by atoms with van der Waals surface area (Å²) < 4.78 is 4.77. The monoisotopic (exact) mass is 764 g/mol. The van der Waals surface area contributed by atoms with E-state index in [-0.39, 0.29) is 0 Å². The van der Waals surface area contributed by atoms with Crippen molar-refractivity contribution in [2.75, 3.05) is 0 Å². The van der Waals surface area contributed by atoms with Gasteiger partial charge in [0.1, 0.15) is 0 Å². The summed E-state index contributed by atoms with van der Waals surface area (Å²) in [5.41, 5.74) is 14.3. The number of para-hydroxylation sites is 3. The summed E-state index contributed by atoms with van der Waals surface area (Å²) >= 11 is 0. The maximum absolute atomic E-state index is 5.14. The third kappa shape index (κ3) is 5.53. The number of hydrogen-bond donors (Lipinski definition) is 0. The lowest BCUT2D eigenvalue weighted by molar-refractivity contribution is 1.17. The summed E-state index contributed by atoms with van der Waals surface area (Å²) in [7, 11) is 0. The molecule has 0 fully saturated rings. The van der Waals surface area contributed by atoms with Crippen molar-refractivity contribution in [2.24, 2.45) is 0 Å². The molecule has 0 amide bonds. The molecular formula is C56H36N4. The van der Waals surface area contributed by atoms with Gasteiger partial charge >= 0.3 is 0 Å². The minimum Gasteiger partial charge on any atom is -0.309 e. The first-order valence-corrected chi connectivity index (χ1v) is 20.4. The van der Waals surface area contributed by atoms with Gasteiger partial charge in [0, 0.05) is 49.6 Å². The lowest BCUT2D eigenvalue weighted by Gasteiger charge is -2.12. The molecule has 280 valence electrons. The van der Waals surface area contributed by atoms with Gasteiger partial charge in [0.15, 0.2) is 5.82 Å². The van der Waals surface area contributed by atoms with E-state index in [9.17, 15) is 0 Å². The van der Waals surface area contributed by atoms with Gasteiger partial charge in [-0.1, -0.05) is 158 Å². The Morgan fingerprint density at radius 1 is 0.283 bits per heavy atom. The highest BCUT2D eigenvalue weighted by Crippen LogP contribution is 2.39. The Morgan fingerprint density at radius 3 is 1.60 bits per heavy atom. The van der Waals surface area contributed by atoms with Gasteiger partial charge in [0.2, 0.25) is 0 Å². The maximum Gasteiger partial charge on any atom is 0.160 e. The topological polar surface area (TPSA) is 35.6 Å². The SMILES string of the molecule is c1ccc(-c2nc(-c3ccc(-n4c5ccccc5c5cc(-c6ccc7c8ccccc8n(-c8ccccc8)c7c6)ccc54)cc3)cc(-c3cccc4ccccc34)n2)cc1. The van der Waals surface area contributed by atoms with Crippen LogP contribution in [0.2, 0.25) is 0 Å². The number of nitrogens with zero attached hydrogens (tertiary/aromatic N) is 4. The third-order valence-electron chi connectivity index (χ3n) is 11.9. The van der Waals surface area contributed by atoms with E-state index in [4.69, 9.17) is 9.97 Å². The molecule has 0 aliphatic heterocycles. The molecule has 60 heavy (non-hydrogen) atoms. The average molecular weight is 765 g/mol. The van der Waals surface area contributed by atoms with Crippen molar-refractivity contribution in [1.29, 1.82) is 0 Å². The van der Waals surface area contributed by atoms with Gasteiger partial charge in [-0.05, 0) is 82.6 Å². The normalized spacial score (nSPS) is 11.7. The molecule has 4 nitrogen and oxygen atoms in total. The van der Waals surface area contributed by atoms with Crippen LogP contribution in [0.3, 0.4) is 0 Å².